The van der Waals surface area contributed by atoms with Crippen molar-refractivity contribution >= 4 is 0 Å². The number of rotatable bonds is 3. The minimum Gasteiger partial charge on any atom is -0.201 e. The van der Waals surface area contributed by atoms with Gasteiger partial charge in [-0.3, -0.25) is 0 Å². The Hall–Kier alpha value is -2.41. The van der Waals surface area contributed by atoms with Crippen LogP contribution in [0.4, 0.5) is 0 Å². The molecule has 0 saturated heterocycles. The Morgan fingerprint density at radius 3 is 2.04 bits per heavy atom. The maximum absolute atomic E-state index is 8.34. The van der Waals surface area contributed by atoms with Crippen molar-refractivity contribution in [1.29, 1.82) is 0 Å². The van der Waals surface area contributed by atoms with E-state index in [9.17, 15) is 0 Å². The largest absolute Gasteiger partial charge is 0.212 e. The molecule has 0 atom stereocenters. The second-order valence-corrected chi connectivity index (χ2v) is 8.31. The van der Waals surface area contributed by atoms with Gasteiger partial charge in [-0.1, -0.05) is 76.9 Å². The van der Waals surface area contributed by atoms with E-state index in [1.807, 2.05) is 20.0 Å². The van der Waals surface area contributed by atoms with Crippen molar-refractivity contribution in [3.8, 4) is 11.3 Å². The van der Waals surface area contributed by atoms with Gasteiger partial charge in [-0.25, -0.2) is 4.57 Å². The molecule has 0 aliphatic rings. The zero-order valence-electron chi connectivity index (χ0n) is 22.8. The molecule has 3 aromatic rings. The third-order valence-corrected chi connectivity index (χ3v) is 5.14. The molecule has 0 aliphatic heterocycles. The number of pyridine rings is 1. The first-order valence-electron chi connectivity index (χ1n) is 12.3. The first-order valence-corrected chi connectivity index (χ1v) is 9.28. The highest BCUT2D eigenvalue weighted by Gasteiger charge is 2.25. The van der Waals surface area contributed by atoms with Gasteiger partial charge in [0.2, 0.25) is 5.69 Å². The van der Waals surface area contributed by atoms with Gasteiger partial charge in [0.25, 0.3) is 0 Å². The molecule has 1 nitrogen and oxygen atoms in total. The molecule has 0 aliphatic carbocycles. The Morgan fingerprint density at radius 1 is 0.815 bits per heavy atom. The van der Waals surface area contributed by atoms with Crippen LogP contribution in [0.5, 0.6) is 0 Å². The summed E-state index contributed by atoms with van der Waals surface area (Å²) >= 11 is 0. The fraction of sp³-hybridized carbons (Fsp3) is 0.346. The monoisotopic (exact) mass is 364 g/mol. The number of nitrogens with zero attached hydrogens (tertiary/aromatic N) is 1. The van der Waals surface area contributed by atoms with Gasteiger partial charge in [0.1, 0.15) is 7.05 Å². The number of aromatic nitrogens is 1. The lowest BCUT2D eigenvalue weighted by molar-refractivity contribution is -0.661. The number of aryl methyl sites for hydroxylation is 2. The Balaban J connectivity index is 2.24. The van der Waals surface area contributed by atoms with Crippen LogP contribution >= 0.6 is 0 Å². The third-order valence-electron chi connectivity index (χ3n) is 5.14. The Kier molecular flexibility index (Phi) is 3.32. The molecule has 1 aromatic heterocycles. The van der Waals surface area contributed by atoms with E-state index < -0.39 is 19.1 Å². The zero-order valence-corrected chi connectivity index (χ0v) is 16.8. The molecular formula is C26H32N+. The molecule has 1 heterocycles. The number of hydrogen-bond donors (Lipinski definition) is 0. The second-order valence-electron chi connectivity index (χ2n) is 8.31. The summed E-state index contributed by atoms with van der Waals surface area (Å²) in [6.45, 7) is 2.81. The molecule has 0 bridgehead atoms. The molecule has 0 radical (unpaired) electrons. The number of hydrogen-bond acceptors (Lipinski definition) is 0. The molecule has 3 rings (SSSR count). The first kappa shape index (κ1) is 12.9. The highest BCUT2D eigenvalue weighted by molar-refractivity contribution is 5.62. The van der Waals surface area contributed by atoms with E-state index >= 15 is 0 Å². The molecule has 0 N–H and O–H groups in total. The van der Waals surface area contributed by atoms with Crippen molar-refractivity contribution < 1.29 is 12.8 Å². The quantitative estimate of drug-likeness (QED) is 0.494. The molecule has 0 amide bonds. The van der Waals surface area contributed by atoms with E-state index in [-0.39, 0.29) is 16.5 Å². The molecular weight excluding hydrogens is 326 g/mol. The lowest BCUT2D eigenvalue weighted by Gasteiger charge is -2.27. The van der Waals surface area contributed by atoms with Crippen molar-refractivity contribution in [1.82, 2.24) is 0 Å². The predicted molar refractivity (Wildman–Crippen MR) is 115 cm³/mol. The summed E-state index contributed by atoms with van der Waals surface area (Å²) in [4.78, 5) is 0. The fourth-order valence-electron chi connectivity index (χ4n) is 3.37. The van der Waals surface area contributed by atoms with Crippen LogP contribution in [0, 0.1) is 6.92 Å². The zero-order chi connectivity index (χ0) is 24.8. The lowest BCUT2D eigenvalue weighted by Crippen LogP contribution is -2.33. The van der Waals surface area contributed by atoms with Crippen LogP contribution in [0.15, 0.2) is 66.9 Å². The van der Waals surface area contributed by atoms with Crippen molar-refractivity contribution in [3.05, 3.63) is 89.1 Å². The van der Waals surface area contributed by atoms with Crippen LogP contribution in [0.1, 0.15) is 65.0 Å². The highest BCUT2D eigenvalue weighted by atomic mass is 14.9. The van der Waals surface area contributed by atoms with Crippen LogP contribution in [0.25, 0.3) is 11.3 Å². The molecule has 2 aromatic carbocycles. The topological polar surface area (TPSA) is 3.88 Å². The molecule has 0 fully saturated rings. The molecule has 0 saturated carbocycles. The SMILES string of the molecule is [2H]C([2H])([2H])C(c1ccccc1)(c1ccc(-c2ccc(C(C)(C)C)c[n+]2C)c(C)c1)C([2H])([2H])[2H]. The highest BCUT2D eigenvalue weighted by Crippen LogP contribution is 2.34. The average molecular weight is 365 g/mol. The van der Waals surface area contributed by atoms with Gasteiger partial charge in [-0.05, 0) is 41.2 Å². The van der Waals surface area contributed by atoms with Gasteiger partial charge in [-0.2, -0.15) is 0 Å². The van der Waals surface area contributed by atoms with Crippen molar-refractivity contribution in [3.63, 3.8) is 0 Å². The standard InChI is InChI=1S/C26H32N/c1-19-17-21(26(5,6)20-11-9-8-10-12-20)13-15-23(19)24-16-14-22(18-27(24)7)25(2,3)4/h8-18H,1-7H3/q+1/i5D3,6D3. The first-order chi connectivity index (χ1) is 15.1. The second kappa shape index (κ2) is 6.96. The summed E-state index contributed by atoms with van der Waals surface area (Å²) in [6, 6.07) is 17.7. The Labute approximate surface area is 173 Å². The fourth-order valence-corrected chi connectivity index (χ4v) is 3.37. The van der Waals surface area contributed by atoms with Crippen molar-refractivity contribution in [2.24, 2.45) is 7.05 Å². The summed E-state index contributed by atoms with van der Waals surface area (Å²) in [7, 11) is 1.98. The van der Waals surface area contributed by atoms with E-state index in [4.69, 9.17) is 8.22 Å². The van der Waals surface area contributed by atoms with Gasteiger partial charge >= 0.3 is 0 Å². The van der Waals surface area contributed by atoms with E-state index in [1.165, 1.54) is 5.56 Å². The molecule has 0 spiro atoms. The van der Waals surface area contributed by atoms with Crippen LogP contribution in [0.2, 0.25) is 0 Å². The summed E-state index contributed by atoms with van der Waals surface area (Å²) in [5, 5.41) is 0. The van der Waals surface area contributed by atoms with Gasteiger partial charge in [0.15, 0.2) is 6.20 Å². The van der Waals surface area contributed by atoms with Gasteiger partial charge < -0.3 is 0 Å². The van der Waals surface area contributed by atoms with Crippen LogP contribution in [0.3, 0.4) is 0 Å². The summed E-state index contributed by atoms with van der Waals surface area (Å²) < 4.78 is 52.1. The van der Waals surface area contributed by atoms with Crippen LogP contribution < -0.4 is 4.57 Å². The summed E-state index contributed by atoms with van der Waals surface area (Å²) in [5.74, 6) is 0. The van der Waals surface area contributed by atoms with Gasteiger partial charge in [-0.15, -0.1) is 0 Å². The molecule has 0 unspecified atom stereocenters. The van der Waals surface area contributed by atoms with E-state index in [1.54, 1.807) is 42.5 Å². The van der Waals surface area contributed by atoms with Gasteiger partial charge in [0.05, 0.1) is 0 Å². The van der Waals surface area contributed by atoms with Gasteiger partial charge in [0, 0.05) is 30.8 Å². The van der Waals surface area contributed by atoms with Crippen LogP contribution in [-0.4, -0.2) is 0 Å². The maximum atomic E-state index is 8.34. The Bertz CT molecular complexity index is 1120. The molecule has 1 heteroatoms. The Morgan fingerprint density at radius 2 is 1.48 bits per heavy atom. The normalized spacial score (nSPS) is 16.5. The lowest BCUT2D eigenvalue weighted by atomic mass is 9.77. The van der Waals surface area contributed by atoms with Crippen molar-refractivity contribution in [2.45, 2.75) is 52.2 Å². The minimum atomic E-state index is -2.79. The molecule has 27 heavy (non-hydrogen) atoms. The van der Waals surface area contributed by atoms with Crippen molar-refractivity contribution in [2.75, 3.05) is 0 Å². The summed E-state index contributed by atoms with van der Waals surface area (Å²) in [6.07, 6.45) is 2.10. The minimum absolute atomic E-state index is 0.0178. The maximum Gasteiger partial charge on any atom is 0.212 e. The van der Waals surface area contributed by atoms with E-state index in [0.29, 0.717) is 0 Å². The summed E-state index contributed by atoms with van der Waals surface area (Å²) in [5.41, 5.74) is 2.34. The number of benzene rings is 2. The van der Waals surface area contributed by atoms with Crippen LogP contribution in [-0.2, 0) is 17.9 Å². The molecule has 140 valence electrons. The predicted octanol–water partition coefficient (Wildman–Crippen LogP) is 6.11. The average Bonchev–Trinajstić information content (AvgIpc) is 2.67. The van der Waals surface area contributed by atoms with E-state index in [2.05, 4.69) is 43.7 Å². The third kappa shape index (κ3) is 3.83. The smallest absolute Gasteiger partial charge is 0.201 e. The van der Waals surface area contributed by atoms with E-state index in [0.717, 1.165) is 16.8 Å².